The van der Waals surface area contributed by atoms with Gasteiger partial charge in [-0.15, -0.1) is 0 Å². The van der Waals surface area contributed by atoms with Crippen molar-refractivity contribution in [3.05, 3.63) is 125 Å². The van der Waals surface area contributed by atoms with Crippen molar-refractivity contribution in [1.29, 1.82) is 0 Å². The van der Waals surface area contributed by atoms with Gasteiger partial charge in [-0.3, -0.25) is 14.4 Å². The zero-order valence-corrected chi connectivity index (χ0v) is 24.0. The van der Waals surface area contributed by atoms with Crippen molar-refractivity contribution in [2.24, 2.45) is 0 Å². The molecule has 2 amide bonds. The fourth-order valence-electron chi connectivity index (χ4n) is 4.84. The Balaban J connectivity index is 1.60. The highest BCUT2D eigenvalue weighted by molar-refractivity contribution is 6.06. The molecule has 4 aromatic rings. The minimum atomic E-state index is -0.973. The summed E-state index contributed by atoms with van der Waals surface area (Å²) in [6, 6.07) is 31.9. The zero-order chi connectivity index (χ0) is 29.9. The number of carbonyl (C=O) groups is 3. The van der Waals surface area contributed by atoms with Crippen LogP contribution in [-0.2, 0) is 17.8 Å². The van der Waals surface area contributed by atoms with Gasteiger partial charge in [-0.2, -0.15) is 0 Å². The van der Waals surface area contributed by atoms with Gasteiger partial charge in [0.1, 0.15) is 5.75 Å². The van der Waals surface area contributed by atoms with Crippen LogP contribution in [-0.4, -0.2) is 59.4 Å². The van der Waals surface area contributed by atoms with Crippen LogP contribution in [0.2, 0.25) is 0 Å². The average Bonchev–Trinajstić information content (AvgIpc) is 3.01. The number of carboxylic acids is 1. The maximum absolute atomic E-state index is 14.0. The lowest BCUT2D eigenvalue weighted by molar-refractivity contribution is -0.137. The first-order valence-electron chi connectivity index (χ1n) is 14.1. The molecule has 4 aromatic carbocycles. The maximum Gasteiger partial charge on any atom is 0.305 e. The lowest BCUT2D eigenvalue weighted by Gasteiger charge is -2.24. The molecule has 0 spiro atoms. The van der Waals surface area contributed by atoms with Crippen molar-refractivity contribution >= 4 is 17.8 Å². The molecular weight excluding hydrogens is 528 g/mol. The molecule has 216 valence electrons. The highest BCUT2D eigenvalue weighted by Gasteiger charge is 2.23. The number of benzene rings is 4. The van der Waals surface area contributed by atoms with Gasteiger partial charge in [-0.05, 0) is 59.9 Å². The second-order valence-electron chi connectivity index (χ2n) is 10.0. The van der Waals surface area contributed by atoms with Crippen molar-refractivity contribution < 1.29 is 24.2 Å². The van der Waals surface area contributed by atoms with E-state index in [1.54, 1.807) is 35.0 Å². The second-order valence-corrected chi connectivity index (χ2v) is 10.0. The fourth-order valence-corrected chi connectivity index (χ4v) is 4.84. The monoisotopic (exact) mass is 564 g/mol. The normalized spacial score (nSPS) is 10.6. The predicted molar refractivity (Wildman–Crippen MR) is 164 cm³/mol. The number of amides is 2. The Labute approximate surface area is 247 Å². The van der Waals surface area contributed by atoms with Gasteiger partial charge in [0.15, 0.2) is 0 Å². The molecule has 1 N–H and O–H groups in total. The van der Waals surface area contributed by atoms with Gasteiger partial charge < -0.3 is 19.6 Å². The van der Waals surface area contributed by atoms with Gasteiger partial charge in [0, 0.05) is 37.8 Å². The SMILES string of the molecule is CCOc1ccc(CCN(CCC(=O)O)C(=O)c2ccccc2-c2ccccc2C(=O)N(C)Cc2ccccc2)cc1. The second kappa shape index (κ2) is 14.6. The molecule has 0 atom stereocenters. The molecule has 0 heterocycles. The Bertz CT molecular complexity index is 1500. The van der Waals surface area contributed by atoms with E-state index in [1.807, 2.05) is 91.9 Å². The quantitative estimate of drug-likeness (QED) is 0.209. The van der Waals surface area contributed by atoms with Crippen molar-refractivity contribution in [2.75, 3.05) is 26.7 Å². The smallest absolute Gasteiger partial charge is 0.305 e. The van der Waals surface area contributed by atoms with Crippen molar-refractivity contribution in [3.63, 3.8) is 0 Å². The van der Waals surface area contributed by atoms with E-state index in [9.17, 15) is 19.5 Å². The summed E-state index contributed by atoms with van der Waals surface area (Å²) in [4.78, 5) is 42.3. The van der Waals surface area contributed by atoms with Crippen LogP contribution in [0.3, 0.4) is 0 Å². The van der Waals surface area contributed by atoms with Crippen LogP contribution < -0.4 is 4.74 Å². The maximum atomic E-state index is 14.0. The first-order valence-corrected chi connectivity index (χ1v) is 14.1. The molecule has 4 rings (SSSR count). The van der Waals surface area contributed by atoms with E-state index in [1.165, 1.54) is 0 Å². The van der Waals surface area contributed by atoms with E-state index in [2.05, 4.69) is 0 Å². The first-order chi connectivity index (χ1) is 20.4. The lowest BCUT2D eigenvalue weighted by atomic mass is 9.94. The van der Waals surface area contributed by atoms with Crippen molar-refractivity contribution in [2.45, 2.75) is 26.3 Å². The standard InChI is InChI=1S/C35H36N2O5/c1-3-42-28-19-17-26(18-20-28)21-23-37(24-22-33(38)39)35(41)32-16-10-8-14-30(32)29-13-7-9-15-31(29)34(40)36(2)25-27-11-5-4-6-12-27/h4-20H,3,21-25H2,1-2H3,(H,38,39). The summed E-state index contributed by atoms with van der Waals surface area (Å²) in [5.41, 5.74) is 4.21. The molecule has 0 aliphatic heterocycles. The summed E-state index contributed by atoms with van der Waals surface area (Å²) < 4.78 is 5.52. The average molecular weight is 565 g/mol. The summed E-state index contributed by atoms with van der Waals surface area (Å²) in [6.07, 6.45) is 0.385. The Morgan fingerprint density at radius 2 is 1.26 bits per heavy atom. The highest BCUT2D eigenvalue weighted by Crippen LogP contribution is 2.29. The molecule has 0 radical (unpaired) electrons. The summed E-state index contributed by atoms with van der Waals surface area (Å²) >= 11 is 0. The molecule has 42 heavy (non-hydrogen) atoms. The van der Waals surface area contributed by atoms with Gasteiger partial charge >= 0.3 is 5.97 Å². The third-order valence-corrected chi connectivity index (χ3v) is 7.00. The topological polar surface area (TPSA) is 87.1 Å². The lowest BCUT2D eigenvalue weighted by Crippen LogP contribution is -2.35. The third-order valence-electron chi connectivity index (χ3n) is 7.00. The number of aliphatic carboxylic acids is 1. The van der Waals surface area contributed by atoms with Crippen LogP contribution in [0.15, 0.2) is 103 Å². The molecular formula is C35H36N2O5. The van der Waals surface area contributed by atoms with E-state index in [0.29, 0.717) is 48.4 Å². The Morgan fingerprint density at radius 1 is 0.690 bits per heavy atom. The number of ether oxygens (including phenoxy) is 1. The van der Waals surface area contributed by atoms with E-state index in [0.717, 1.165) is 16.9 Å². The first kappa shape index (κ1) is 30.1. The molecule has 0 saturated heterocycles. The minimum Gasteiger partial charge on any atom is -0.494 e. The largest absolute Gasteiger partial charge is 0.494 e. The predicted octanol–water partition coefficient (Wildman–Crippen LogP) is 6.18. The van der Waals surface area contributed by atoms with Gasteiger partial charge in [0.05, 0.1) is 13.0 Å². The number of carboxylic acid groups (broad SMARTS) is 1. The zero-order valence-electron chi connectivity index (χ0n) is 24.0. The van der Waals surface area contributed by atoms with Gasteiger partial charge in [0.25, 0.3) is 11.8 Å². The van der Waals surface area contributed by atoms with Crippen LogP contribution >= 0.6 is 0 Å². The Hall–Kier alpha value is -4.91. The molecule has 7 heteroatoms. The molecule has 0 bridgehead atoms. The summed E-state index contributed by atoms with van der Waals surface area (Å²) in [6.45, 7) is 3.36. The highest BCUT2D eigenvalue weighted by atomic mass is 16.5. The molecule has 0 aromatic heterocycles. The van der Waals surface area contributed by atoms with Gasteiger partial charge in [-0.25, -0.2) is 0 Å². The van der Waals surface area contributed by atoms with Crippen LogP contribution in [0.4, 0.5) is 0 Å². The number of carbonyl (C=O) groups excluding carboxylic acids is 2. The van der Waals surface area contributed by atoms with E-state index in [4.69, 9.17) is 4.74 Å². The molecule has 0 unspecified atom stereocenters. The van der Waals surface area contributed by atoms with Crippen LogP contribution in [0, 0.1) is 0 Å². The van der Waals surface area contributed by atoms with E-state index < -0.39 is 5.97 Å². The van der Waals surface area contributed by atoms with Gasteiger partial charge in [-0.1, -0.05) is 78.9 Å². The van der Waals surface area contributed by atoms with Crippen LogP contribution in [0.25, 0.3) is 11.1 Å². The summed E-state index contributed by atoms with van der Waals surface area (Å²) in [7, 11) is 1.76. The minimum absolute atomic E-state index is 0.0694. The van der Waals surface area contributed by atoms with Crippen molar-refractivity contribution in [1.82, 2.24) is 9.80 Å². The molecule has 0 aliphatic rings. The Kier molecular flexibility index (Phi) is 10.5. The van der Waals surface area contributed by atoms with E-state index >= 15 is 0 Å². The summed E-state index contributed by atoms with van der Waals surface area (Å²) in [5.74, 6) is -0.635. The molecule has 0 fully saturated rings. The van der Waals surface area contributed by atoms with Gasteiger partial charge in [0.2, 0.25) is 0 Å². The van der Waals surface area contributed by atoms with Crippen LogP contribution in [0.5, 0.6) is 5.75 Å². The number of hydrogen-bond acceptors (Lipinski definition) is 4. The van der Waals surface area contributed by atoms with Crippen molar-refractivity contribution in [3.8, 4) is 16.9 Å². The molecule has 0 aliphatic carbocycles. The molecule has 7 nitrogen and oxygen atoms in total. The fraction of sp³-hybridized carbons (Fsp3) is 0.229. The van der Waals surface area contributed by atoms with E-state index in [-0.39, 0.29) is 24.8 Å². The number of hydrogen-bond donors (Lipinski definition) is 1. The Morgan fingerprint density at radius 3 is 1.86 bits per heavy atom. The number of rotatable bonds is 13. The number of nitrogens with zero attached hydrogens (tertiary/aromatic N) is 2. The van der Waals surface area contributed by atoms with Crippen LogP contribution in [0.1, 0.15) is 45.2 Å². The third kappa shape index (κ3) is 7.85. The molecule has 0 saturated carbocycles. The summed E-state index contributed by atoms with van der Waals surface area (Å²) in [5, 5.41) is 9.37.